The first-order chi connectivity index (χ1) is 21.5. The van der Waals surface area contributed by atoms with Crippen LogP contribution >= 0.6 is 0 Å². The largest absolute Gasteiger partial charge is 0.507 e. The number of amides is 1. The number of hydrogen-bond acceptors (Lipinski definition) is 6. The van der Waals surface area contributed by atoms with Crippen molar-refractivity contribution in [3.8, 4) is 17.2 Å². The van der Waals surface area contributed by atoms with Crippen LogP contribution in [0.4, 0.5) is 0 Å². The number of likely N-dealkylation sites (tertiary alicyclic amines) is 1. The third-order valence-electron chi connectivity index (χ3n) is 7.38. The Balaban J connectivity index is 1.34. The van der Waals surface area contributed by atoms with E-state index in [1.165, 1.54) is 4.90 Å². The number of aliphatic hydroxyl groups is 1. The Labute approximate surface area is 255 Å². The van der Waals surface area contributed by atoms with Crippen LogP contribution in [0.5, 0.6) is 17.2 Å². The predicted octanol–water partition coefficient (Wildman–Crippen LogP) is 7.38. The molecule has 0 spiro atoms. The van der Waals surface area contributed by atoms with Gasteiger partial charge in [0.2, 0.25) is 0 Å². The minimum atomic E-state index is -0.855. The molecular weight excluding hydrogens is 552 g/mol. The third-order valence-corrected chi connectivity index (χ3v) is 7.38. The van der Waals surface area contributed by atoms with Gasteiger partial charge in [0.05, 0.1) is 11.6 Å². The molecular formula is C37H30N2O5. The molecule has 44 heavy (non-hydrogen) atoms. The summed E-state index contributed by atoms with van der Waals surface area (Å²) < 4.78 is 12.0. The number of aliphatic hydroxyl groups excluding tert-OH is 1. The van der Waals surface area contributed by atoms with Crippen LogP contribution in [0.15, 0.2) is 133 Å². The van der Waals surface area contributed by atoms with E-state index in [1.54, 1.807) is 60.9 Å². The number of hydrogen-bond donors (Lipinski definition) is 1. The lowest BCUT2D eigenvalue weighted by atomic mass is 9.95. The Hall–Kier alpha value is -5.69. The highest BCUT2D eigenvalue weighted by Crippen LogP contribution is 2.41. The number of aryl methyl sites for hydroxylation is 1. The Morgan fingerprint density at radius 1 is 0.795 bits per heavy atom. The van der Waals surface area contributed by atoms with Gasteiger partial charge in [-0.25, -0.2) is 0 Å². The van der Waals surface area contributed by atoms with Crippen molar-refractivity contribution in [1.29, 1.82) is 0 Å². The third kappa shape index (κ3) is 6.22. The van der Waals surface area contributed by atoms with Gasteiger partial charge in [-0.1, -0.05) is 66.2 Å². The van der Waals surface area contributed by atoms with Crippen molar-refractivity contribution in [2.24, 2.45) is 0 Å². The first kappa shape index (κ1) is 28.4. The average Bonchev–Trinajstić information content (AvgIpc) is 3.30. The number of rotatable bonds is 9. The number of aromatic nitrogens is 1. The molecule has 1 N–H and O–H groups in total. The second-order valence-electron chi connectivity index (χ2n) is 10.6. The molecule has 1 fully saturated rings. The summed E-state index contributed by atoms with van der Waals surface area (Å²) in [5.41, 5.74) is 3.98. The monoisotopic (exact) mass is 582 g/mol. The van der Waals surface area contributed by atoms with E-state index in [1.807, 2.05) is 67.6 Å². The van der Waals surface area contributed by atoms with Crippen molar-refractivity contribution < 1.29 is 24.2 Å². The van der Waals surface area contributed by atoms with Crippen molar-refractivity contribution in [1.82, 2.24) is 9.88 Å². The minimum Gasteiger partial charge on any atom is -0.507 e. The van der Waals surface area contributed by atoms with Crippen LogP contribution in [0.1, 0.15) is 33.9 Å². The van der Waals surface area contributed by atoms with Gasteiger partial charge in [0, 0.05) is 24.5 Å². The summed E-state index contributed by atoms with van der Waals surface area (Å²) >= 11 is 0. The fraction of sp³-hybridized carbons (Fsp3) is 0.108. The molecule has 1 atom stereocenters. The lowest BCUT2D eigenvalue weighted by Gasteiger charge is -2.25. The topological polar surface area (TPSA) is 89.0 Å². The summed E-state index contributed by atoms with van der Waals surface area (Å²) in [5, 5.41) is 11.6. The zero-order chi connectivity index (χ0) is 30.5. The Morgan fingerprint density at radius 2 is 1.55 bits per heavy atom. The maximum atomic E-state index is 13.6. The molecule has 0 radical (unpaired) electrons. The maximum Gasteiger partial charge on any atom is 0.295 e. The summed E-state index contributed by atoms with van der Waals surface area (Å²) in [6, 6.07) is 34.2. The van der Waals surface area contributed by atoms with Gasteiger partial charge in [-0.3, -0.25) is 14.6 Å². The fourth-order valence-corrected chi connectivity index (χ4v) is 5.28. The van der Waals surface area contributed by atoms with Gasteiger partial charge < -0.3 is 19.5 Å². The van der Waals surface area contributed by atoms with E-state index in [9.17, 15) is 14.7 Å². The number of ketones is 1. The Morgan fingerprint density at radius 3 is 2.30 bits per heavy atom. The fourth-order valence-electron chi connectivity index (χ4n) is 5.28. The molecule has 4 aromatic carbocycles. The Kier molecular flexibility index (Phi) is 8.19. The minimum absolute atomic E-state index is 0.00387. The average molecular weight is 583 g/mol. The number of pyridine rings is 1. The van der Waals surface area contributed by atoms with Gasteiger partial charge in [-0.15, -0.1) is 0 Å². The first-order valence-corrected chi connectivity index (χ1v) is 14.3. The van der Waals surface area contributed by atoms with E-state index in [-0.39, 0.29) is 17.9 Å². The molecule has 0 saturated carbocycles. The number of Topliss-reactive ketones (excluding diaryl/α,β-unsaturated/α-hetero) is 1. The number of ether oxygens (including phenoxy) is 2. The molecule has 1 saturated heterocycles. The van der Waals surface area contributed by atoms with Crippen molar-refractivity contribution in [2.45, 2.75) is 26.1 Å². The zero-order valence-electron chi connectivity index (χ0n) is 24.1. The second kappa shape index (κ2) is 12.7. The zero-order valence-corrected chi connectivity index (χ0v) is 24.1. The van der Waals surface area contributed by atoms with Crippen LogP contribution in [0.3, 0.4) is 0 Å². The summed E-state index contributed by atoms with van der Waals surface area (Å²) in [4.78, 5) is 32.7. The van der Waals surface area contributed by atoms with E-state index >= 15 is 0 Å². The van der Waals surface area contributed by atoms with Crippen LogP contribution < -0.4 is 9.47 Å². The van der Waals surface area contributed by atoms with E-state index < -0.39 is 17.7 Å². The summed E-state index contributed by atoms with van der Waals surface area (Å²) in [7, 11) is 0. The van der Waals surface area contributed by atoms with Crippen LogP contribution in [0.2, 0.25) is 0 Å². The number of carbonyl (C=O) groups excluding carboxylic acids is 2. The Bertz CT molecular complexity index is 1820. The molecule has 7 nitrogen and oxygen atoms in total. The lowest BCUT2D eigenvalue weighted by Crippen LogP contribution is -2.29. The van der Waals surface area contributed by atoms with Crippen molar-refractivity contribution in [2.75, 3.05) is 0 Å². The van der Waals surface area contributed by atoms with Crippen LogP contribution in [0, 0.1) is 6.92 Å². The highest BCUT2D eigenvalue weighted by Gasteiger charge is 2.46. The van der Waals surface area contributed by atoms with Gasteiger partial charge in [-0.2, -0.15) is 0 Å². The molecule has 1 amide bonds. The van der Waals surface area contributed by atoms with Crippen LogP contribution in [0.25, 0.3) is 5.76 Å². The summed E-state index contributed by atoms with van der Waals surface area (Å²) in [6.07, 6.45) is 3.30. The van der Waals surface area contributed by atoms with Crippen molar-refractivity contribution >= 4 is 17.4 Å². The first-order valence-electron chi connectivity index (χ1n) is 14.3. The smallest absolute Gasteiger partial charge is 0.295 e. The normalized spacial score (nSPS) is 15.8. The van der Waals surface area contributed by atoms with Crippen LogP contribution in [-0.2, 0) is 22.7 Å². The highest BCUT2D eigenvalue weighted by atomic mass is 16.5. The molecule has 5 aromatic rings. The molecule has 0 bridgehead atoms. The van der Waals surface area contributed by atoms with Gasteiger partial charge in [-0.05, 0) is 78.2 Å². The number of nitrogens with zero attached hydrogens (tertiary/aromatic N) is 2. The van der Waals surface area contributed by atoms with E-state index in [0.717, 1.165) is 16.7 Å². The van der Waals surface area contributed by atoms with Crippen molar-refractivity contribution in [3.63, 3.8) is 0 Å². The SMILES string of the molecule is Cc1cccc(COc2ccc(C(O)=C3C(=O)C(=O)N(Cc4cccnc4)[C@H]3c3cccc(Oc4ccccc4)c3)cc2)c1. The quantitative estimate of drug-likeness (QED) is 0.111. The standard InChI is InChI=1S/C37H30N2O5/c1-25-8-5-9-26(20-25)24-43-30-17-15-28(16-18-30)35(40)33-34(39(37(42)36(33)41)23-27-10-7-19-38-22-27)29-11-6-14-32(21-29)44-31-12-3-2-4-13-31/h2-22,34,40H,23-24H2,1H3/t34-/m0/s1. The molecule has 2 heterocycles. The van der Waals surface area contributed by atoms with Gasteiger partial charge in [0.25, 0.3) is 11.7 Å². The van der Waals surface area contributed by atoms with E-state index in [0.29, 0.717) is 35.0 Å². The molecule has 1 aromatic heterocycles. The lowest BCUT2D eigenvalue weighted by molar-refractivity contribution is -0.140. The molecule has 0 aliphatic carbocycles. The number of para-hydroxylation sites is 1. The second-order valence-corrected chi connectivity index (χ2v) is 10.6. The molecule has 1 aliphatic rings. The van der Waals surface area contributed by atoms with Gasteiger partial charge in [0.1, 0.15) is 29.6 Å². The summed E-state index contributed by atoms with van der Waals surface area (Å²) in [6.45, 7) is 2.56. The van der Waals surface area contributed by atoms with Gasteiger partial charge >= 0.3 is 0 Å². The maximum absolute atomic E-state index is 13.6. The molecule has 218 valence electrons. The molecule has 7 heteroatoms. The molecule has 6 rings (SSSR count). The van der Waals surface area contributed by atoms with Crippen LogP contribution in [-0.4, -0.2) is 26.7 Å². The number of benzene rings is 4. The summed E-state index contributed by atoms with van der Waals surface area (Å²) in [5.74, 6) is 0.0806. The molecule has 0 unspecified atom stereocenters. The number of carbonyl (C=O) groups is 2. The molecule has 1 aliphatic heterocycles. The van der Waals surface area contributed by atoms with Crippen molar-refractivity contribution in [3.05, 3.63) is 161 Å². The van der Waals surface area contributed by atoms with E-state index in [2.05, 4.69) is 11.1 Å². The van der Waals surface area contributed by atoms with E-state index in [4.69, 9.17) is 9.47 Å². The predicted molar refractivity (Wildman–Crippen MR) is 167 cm³/mol. The van der Waals surface area contributed by atoms with Gasteiger partial charge in [0.15, 0.2) is 0 Å². The highest BCUT2D eigenvalue weighted by molar-refractivity contribution is 6.46.